The summed E-state index contributed by atoms with van der Waals surface area (Å²) in [5.74, 6) is -0.347. The summed E-state index contributed by atoms with van der Waals surface area (Å²) in [7, 11) is 1.61. The van der Waals surface area contributed by atoms with E-state index in [0.717, 1.165) is 23.4 Å². The molecule has 0 unspecified atom stereocenters. The Hall–Kier alpha value is -3.42. The van der Waals surface area contributed by atoms with Crippen molar-refractivity contribution in [1.82, 2.24) is 4.90 Å². The Labute approximate surface area is 170 Å². The molecule has 2 amide bonds. The lowest BCUT2D eigenvalue weighted by atomic mass is 10.1. The Balaban J connectivity index is 1.71. The number of nitro groups is 1. The van der Waals surface area contributed by atoms with Crippen LogP contribution < -0.4 is 10.6 Å². The van der Waals surface area contributed by atoms with E-state index in [9.17, 15) is 19.7 Å². The van der Waals surface area contributed by atoms with E-state index in [1.807, 2.05) is 31.2 Å². The van der Waals surface area contributed by atoms with Gasteiger partial charge in [-0.2, -0.15) is 0 Å². The first-order valence-corrected chi connectivity index (χ1v) is 9.50. The van der Waals surface area contributed by atoms with Crippen molar-refractivity contribution in [2.24, 2.45) is 0 Å². The van der Waals surface area contributed by atoms with Crippen molar-refractivity contribution in [2.45, 2.75) is 26.2 Å². The third-order valence-electron chi connectivity index (χ3n) is 4.45. The normalized spacial score (nSPS) is 10.3. The number of para-hydroxylation sites is 1. The number of amides is 2. The molecule has 0 bridgehead atoms. The summed E-state index contributed by atoms with van der Waals surface area (Å²) < 4.78 is 0. The first kappa shape index (κ1) is 21.9. The van der Waals surface area contributed by atoms with Gasteiger partial charge in [0, 0.05) is 43.5 Å². The zero-order chi connectivity index (χ0) is 21.2. The van der Waals surface area contributed by atoms with Gasteiger partial charge in [-0.15, -0.1) is 0 Å². The highest BCUT2D eigenvalue weighted by Crippen LogP contribution is 2.16. The van der Waals surface area contributed by atoms with Gasteiger partial charge in [-0.1, -0.05) is 25.1 Å². The van der Waals surface area contributed by atoms with Gasteiger partial charge in [0.05, 0.1) is 11.5 Å². The Morgan fingerprint density at radius 1 is 1.10 bits per heavy atom. The highest BCUT2D eigenvalue weighted by molar-refractivity contribution is 5.95. The molecule has 0 aromatic heterocycles. The Morgan fingerprint density at radius 2 is 1.79 bits per heavy atom. The van der Waals surface area contributed by atoms with Crippen molar-refractivity contribution in [3.63, 3.8) is 0 Å². The monoisotopic (exact) mass is 398 g/mol. The van der Waals surface area contributed by atoms with Crippen LogP contribution in [0.5, 0.6) is 0 Å². The summed E-state index contributed by atoms with van der Waals surface area (Å²) in [4.78, 5) is 36.0. The van der Waals surface area contributed by atoms with Gasteiger partial charge in [0.1, 0.15) is 0 Å². The largest absolute Gasteiger partial charge is 0.385 e. The lowest BCUT2D eigenvalue weighted by Crippen LogP contribution is -2.35. The molecule has 0 heterocycles. The molecule has 8 heteroatoms. The van der Waals surface area contributed by atoms with Crippen molar-refractivity contribution >= 4 is 28.9 Å². The molecule has 2 aromatic carbocycles. The van der Waals surface area contributed by atoms with Gasteiger partial charge in [0.25, 0.3) is 5.69 Å². The van der Waals surface area contributed by atoms with Crippen LogP contribution in [-0.4, -0.2) is 41.8 Å². The first-order chi connectivity index (χ1) is 13.9. The molecule has 2 N–H and O–H groups in total. The molecule has 0 fully saturated rings. The Bertz CT molecular complexity index is 852. The van der Waals surface area contributed by atoms with Gasteiger partial charge in [-0.3, -0.25) is 19.7 Å². The summed E-state index contributed by atoms with van der Waals surface area (Å²) >= 11 is 0. The number of anilines is 2. The molecular weight excluding hydrogens is 372 g/mol. The van der Waals surface area contributed by atoms with E-state index >= 15 is 0 Å². The molecule has 29 heavy (non-hydrogen) atoms. The zero-order valence-corrected chi connectivity index (χ0v) is 16.7. The van der Waals surface area contributed by atoms with Crippen LogP contribution >= 0.6 is 0 Å². The molecular formula is C21H26N4O4. The van der Waals surface area contributed by atoms with E-state index in [4.69, 9.17) is 0 Å². The molecule has 0 saturated carbocycles. The highest BCUT2D eigenvalue weighted by Gasteiger charge is 2.13. The predicted octanol–water partition coefficient (Wildman–Crippen LogP) is 3.45. The minimum atomic E-state index is -0.449. The van der Waals surface area contributed by atoms with E-state index in [-0.39, 0.29) is 24.0 Å². The van der Waals surface area contributed by atoms with Crippen LogP contribution in [0.2, 0.25) is 0 Å². The number of carbonyl (C=O) groups excluding carboxylic acids is 2. The van der Waals surface area contributed by atoms with Gasteiger partial charge >= 0.3 is 0 Å². The van der Waals surface area contributed by atoms with Crippen molar-refractivity contribution in [3.8, 4) is 0 Å². The van der Waals surface area contributed by atoms with Crippen LogP contribution in [0.1, 0.15) is 25.3 Å². The molecule has 154 valence electrons. The SMILES string of the molecule is CCc1ccccc1NC(=O)CN(C)C(=O)CCCNc1ccc([N+](=O)[O-])cc1. The number of non-ortho nitro benzene ring substituents is 1. The minimum absolute atomic E-state index is 0.00728. The summed E-state index contributed by atoms with van der Waals surface area (Å²) in [5, 5.41) is 16.6. The van der Waals surface area contributed by atoms with Gasteiger partial charge in [-0.05, 0) is 36.6 Å². The second-order valence-corrected chi connectivity index (χ2v) is 6.64. The molecule has 0 spiro atoms. The smallest absolute Gasteiger partial charge is 0.269 e. The van der Waals surface area contributed by atoms with E-state index in [2.05, 4.69) is 10.6 Å². The fourth-order valence-corrected chi connectivity index (χ4v) is 2.81. The second-order valence-electron chi connectivity index (χ2n) is 6.64. The minimum Gasteiger partial charge on any atom is -0.385 e. The first-order valence-electron chi connectivity index (χ1n) is 9.50. The Kier molecular flexibility index (Phi) is 8.14. The number of nitrogens with one attached hydrogen (secondary N) is 2. The lowest BCUT2D eigenvalue weighted by Gasteiger charge is -2.18. The quantitative estimate of drug-likeness (QED) is 0.362. The average molecular weight is 398 g/mol. The number of carbonyl (C=O) groups is 2. The van der Waals surface area contributed by atoms with Crippen molar-refractivity contribution in [3.05, 3.63) is 64.2 Å². The van der Waals surface area contributed by atoms with E-state index < -0.39 is 4.92 Å². The summed E-state index contributed by atoms with van der Waals surface area (Å²) in [6.45, 7) is 2.56. The van der Waals surface area contributed by atoms with Crippen LogP contribution in [-0.2, 0) is 16.0 Å². The average Bonchev–Trinajstić information content (AvgIpc) is 2.71. The van der Waals surface area contributed by atoms with Crippen molar-refractivity contribution in [2.75, 3.05) is 30.8 Å². The van der Waals surface area contributed by atoms with Gasteiger partial charge in [-0.25, -0.2) is 0 Å². The molecule has 0 saturated heterocycles. The molecule has 0 aliphatic carbocycles. The van der Waals surface area contributed by atoms with Gasteiger partial charge in [0.2, 0.25) is 11.8 Å². The topological polar surface area (TPSA) is 105 Å². The maximum Gasteiger partial charge on any atom is 0.269 e. The fourth-order valence-electron chi connectivity index (χ4n) is 2.81. The summed E-state index contributed by atoms with van der Waals surface area (Å²) in [5.41, 5.74) is 2.61. The summed E-state index contributed by atoms with van der Waals surface area (Å²) in [6.07, 6.45) is 1.70. The maximum atomic E-state index is 12.2. The number of hydrogen-bond donors (Lipinski definition) is 2. The van der Waals surface area contributed by atoms with Gasteiger partial charge < -0.3 is 15.5 Å². The van der Waals surface area contributed by atoms with Crippen LogP contribution in [0.15, 0.2) is 48.5 Å². The second kappa shape index (κ2) is 10.8. The van der Waals surface area contributed by atoms with E-state index in [0.29, 0.717) is 19.4 Å². The number of nitrogens with zero attached hydrogens (tertiary/aromatic N) is 2. The van der Waals surface area contributed by atoms with Crippen LogP contribution in [0.25, 0.3) is 0 Å². The maximum absolute atomic E-state index is 12.2. The molecule has 8 nitrogen and oxygen atoms in total. The molecule has 0 radical (unpaired) electrons. The standard InChI is InChI=1S/C21H26N4O4/c1-3-16-7-4-5-8-19(16)23-20(26)15-24(2)21(27)9-6-14-22-17-10-12-18(13-11-17)25(28)29/h4-5,7-8,10-13,22H,3,6,9,14-15H2,1-2H3,(H,23,26). The van der Waals surface area contributed by atoms with Crippen LogP contribution in [0.4, 0.5) is 17.1 Å². The number of likely N-dealkylation sites (N-methyl/N-ethyl adjacent to an activating group) is 1. The predicted molar refractivity (Wildman–Crippen MR) is 113 cm³/mol. The van der Waals surface area contributed by atoms with E-state index in [1.54, 1.807) is 19.2 Å². The number of nitro benzene ring substituents is 1. The van der Waals surface area contributed by atoms with Crippen molar-refractivity contribution < 1.29 is 14.5 Å². The number of aryl methyl sites for hydroxylation is 1. The highest BCUT2D eigenvalue weighted by atomic mass is 16.6. The van der Waals surface area contributed by atoms with E-state index in [1.165, 1.54) is 17.0 Å². The van der Waals surface area contributed by atoms with Gasteiger partial charge in [0.15, 0.2) is 0 Å². The number of benzene rings is 2. The van der Waals surface area contributed by atoms with Crippen molar-refractivity contribution in [1.29, 1.82) is 0 Å². The van der Waals surface area contributed by atoms with Crippen LogP contribution in [0.3, 0.4) is 0 Å². The Morgan fingerprint density at radius 3 is 2.45 bits per heavy atom. The summed E-state index contributed by atoms with van der Waals surface area (Å²) in [6, 6.07) is 13.7. The number of hydrogen-bond acceptors (Lipinski definition) is 5. The molecule has 2 rings (SSSR count). The fraction of sp³-hybridized carbons (Fsp3) is 0.333. The molecule has 0 atom stereocenters. The number of rotatable bonds is 10. The molecule has 2 aromatic rings. The molecule has 0 aliphatic rings. The van der Waals surface area contributed by atoms with Crippen LogP contribution in [0, 0.1) is 10.1 Å². The third kappa shape index (κ3) is 6.91. The zero-order valence-electron chi connectivity index (χ0n) is 16.7. The molecule has 0 aliphatic heterocycles. The lowest BCUT2D eigenvalue weighted by molar-refractivity contribution is -0.384. The third-order valence-corrected chi connectivity index (χ3v) is 4.45.